The third-order valence-electron chi connectivity index (χ3n) is 3.01. The van der Waals surface area contributed by atoms with Crippen molar-refractivity contribution < 1.29 is 9.13 Å². The SMILES string of the molecule is CCNCc1ccc(OCc2c(F)cccc2Cl)c(Br)c1. The zero-order valence-corrected chi connectivity index (χ0v) is 14.0. The van der Waals surface area contributed by atoms with Crippen LogP contribution >= 0.6 is 27.5 Å². The predicted molar refractivity (Wildman–Crippen MR) is 87.3 cm³/mol. The van der Waals surface area contributed by atoms with Crippen LogP contribution in [-0.2, 0) is 13.2 Å². The second-order valence-corrected chi connectivity index (χ2v) is 5.80. The molecule has 2 rings (SSSR count). The van der Waals surface area contributed by atoms with Crippen LogP contribution in [0, 0.1) is 5.82 Å². The molecule has 2 nitrogen and oxygen atoms in total. The summed E-state index contributed by atoms with van der Waals surface area (Å²) in [6.07, 6.45) is 0. The third-order valence-corrected chi connectivity index (χ3v) is 3.98. The zero-order chi connectivity index (χ0) is 15.2. The Morgan fingerprint density at radius 3 is 2.76 bits per heavy atom. The average Bonchev–Trinajstić information content (AvgIpc) is 2.46. The van der Waals surface area contributed by atoms with Gasteiger partial charge < -0.3 is 10.1 Å². The van der Waals surface area contributed by atoms with Crippen LogP contribution in [0.2, 0.25) is 5.02 Å². The lowest BCUT2D eigenvalue weighted by Gasteiger charge is -2.11. The highest BCUT2D eigenvalue weighted by atomic mass is 79.9. The lowest BCUT2D eigenvalue weighted by Crippen LogP contribution is -2.11. The molecule has 0 saturated heterocycles. The monoisotopic (exact) mass is 371 g/mol. The summed E-state index contributed by atoms with van der Waals surface area (Å²) in [5.74, 6) is 0.303. The van der Waals surface area contributed by atoms with Crippen LogP contribution in [0.3, 0.4) is 0 Å². The van der Waals surface area contributed by atoms with Crippen molar-refractivity contribution in [2.45, 2.75) is 20.1 Å². The standard InChI is InChI=1S/C16H16BrClFNO/c1-2-20-9-11-6-7-16(13(17)8-11)21-10-12-14(18)4-3-5-15(12)19/h3-8,20H,2,9-10H2,1H3. The maximum Gasteiger partial charge on any atom is 0.134 e. The number of halogens is 3. The van der Waals surface area contributed by atoms with Gasteiger partial charge in [-0.05, 0) is 52.3 Å². The van der Waals surface area contributed by atoms with Gasteiger partial charge in [0.15, 0.2) is 0 Å². The molecule has 2 aromatic carbocycles. The van der Waals surface area contributed by atoms with Crippen LogP contribution in [0.15, 0.2) is 40.9 Å². The lowest BCUT2D eigenvalue weighted by atomic mass is 10.2. The van der Waals surface area contributed by atoms with Gasteiger partial charge in [0, 0.05) is 12.1 Å². The van der Waals surface area contributed by atoms with Gasteiger partial charge >= 0.3 is 0 Å². The van der Waals surface area contributed by atoms with Gasteiger partial charge in [0.05, 0.1) is 9.50 Å². The molecule has 1 N–H and O–H groups in total. The molecule has 0 unspecified atom stereocenters. The van der Waals surface area contributed by atoms with Crippen molar-refractivity contribution in [3.8, 4) is 5.75 Å². The quantitative estimate of drug-likeness (QED) is 0.776. The predicted octanol–water partition coefficient (Wildman–Crippen LogP) is 4.93. The molecular formula is C16H16BrClFNO. The number of hydrogen-bond acceptors (Lipinski definition) is 2. The fourth-order valence-electron chi connectivity index (χ4n) is 1.86. The van der Waals surface area contributed by atoms with Crippen molar-refractivity contribution in [1.29, 1.82) is 0 Å². The molecule has 0 aliphatic carbocycles. The topological polar surface area (TPSA) is 21.3 Å². The third kappa shape index (κ3) is 4.43. The number of benzene rings is 2. The normalized spacial score (nSPS) is 10.7. The van der Waals surface area contributed by atoms with Crippen molar-refractivity contribution >= 4 is 27.5 Å². The smallest absolute Gasteiger partial charge is 0.134 e. The van der Waals surface area contributed by atoms with Crippen molar-refractivity contribution in [1.82, 2.24) is 5.32 Å². The molecule has 0 heterocycles. The van der Waals surface area contributed by atoms with Gasteiger partial charge in [0.2, 0.25) is 0 Å². The van der Waals surface area contributed by atoms with Crippen LogP contribution in [0.25, 0.3) is 0 Å². The molecule has 2 aromatic rings. The Hall–Kier alpha value is -1.10. The Labute approximate surface area is 137 Å². The Kier molecular flexibility index (Phi) is 6.03. The highest BCUT2D eigenvalue weighted by molar-refractivity contribution is 9.10. The van der Waals surface area contributed by atoms with Crippen molar-refractivity contribution in [3.05, 3.63) is 62.8 Å². The molecule has 0 aliphatic heterocycles. The molecule has 5 heteroatoms. The first-order chi connectivity index (χ1) is 10.1. The molecule has 0 atom stereocenters. The molecule has 112 valence electrons. The van der Waals surface area contributed by atoms with E-state index in [1.54, 1.807) is 12.1 Å². The van der Waals surface area contributed by atoms with Gasteiger partial charge in [0.25, 0.3) is 0 Å². The lowest BCUT2D eigenvalue weighted by molar-refractivity contribution is 0.298. The Morgan fingerprint density at radius 2 is 2.10 bits per heavy atom. The van der Waals surface area contributed by atoms with E-state index in [0.29, 0.717) is 16.3 Å². The fraction of sp³-hybridized carbons (Fsp3) is 0.250. The maximum atomic E-state index is 13.7. The van der Waals surface area contributed by atoms with Gasteiger partial charge in [-0.3, -0.25) is 0 Å². The molecule has 0 aliphatic rings. The van der Waals surface area contributed by atoms with Crippen LogP contribution in [0.4, 0.5) is 4.39 Å². The minimum Gasteiger partial charge on any atom is -0.488 e. The summed E-state index contributed by atoms with van der Waals surface area (Å²) in [5.41, 5.74) is 1.52. The molecule has 0 amide bonds. The van der Waals surface area contributed by atoms with E-state index in [9.17, 15) is 4.39 Å². The van der Waals surface area contributed by atoms with E-state index in [4.69, 9.17) is 16.3 Å². The van der Waals surface area contributed by atoms with Gasteiger partial charge in [-0.15, -0.1) is 0 Å². The fourth-order valence-corrected chi connectivity index (χ4v) is 2.62. The van der Waals surface area contributed by atoms with E-state index in [1.807, 2.05) is 18.2 Å². The van der Waals surface area contributed by atoms with E-state index in [0.717, 1.165) is 23.1 Å². The Morgan fingerprint density at radius 1 is 1.29 bits per heavy atom. The molecule has 0 radical (unpaired) electrons. The van der Waals surface area contributed by atoms with Gasteiger partial charge in [-0.25, -0.2) is 4.39 Å². The van der Waals surface area contributed by atoms with E-state index < -0.39 is 0 Å². The zero-order valence-electron chi connectivity index (χ0n) is 11.6. The second-order valence-electron chi connectivity index (χ2n) is 4.53. The first kappa shape index (κ1) is 16.3. The molecular weight excluding hydrogens is 357 g/mol. The van der Waals surface area contributed by atoms with Crippen molar-refractivity contribution in [2.75, 3.05) is 6.54 Å². The maximum absolute atomic E-state index is 13.7. The van der Waals surface area contributed by atoms with Crippen LogP contribution in [0.5, 0.6) is 5.75 Å². The summed E-state index contributed by atoms with van der Waals surface area (Å²) in [7, 11) is 0. The largest absolute Gasteiger partial charge is 0.488 e. The molecule has 0 aromatic heterocycles. The van der Waals surface area contributed by atoms with Crippen LogP contribution < -0.4 is 10.1 Å². The summed E-state index contributed by atoms with van der Waals surface area (Å²) in [6, 6.07) is 10.4. The van der Waals surface area contributed by atoms with Crippen molar-refractivity contribution in [3.63, 3.8) is 0 Å². The molecule has 21 heavy (non-hydrogen) atoms. The Balaban J connectivity index is 2.06. The number of ether oxygens (including phenoxy) is 1. The first-order valence-corrected chi connectivity index (χ1v) is 7.83. The summed E-state index contributed by atoms with van der Waals surface area (Å²) in [4.78, 5) is 0. The molecule has 0 saturated carbocycles. The number of nitrogens with one attached hydrogen (secondary N) is 1. The molecule has 0 fully saturated rings. The van der Waals surface area contributed by atoms with E-state index >= 15 is 0 Å². The number of hydrogen-bond donors (Lipinski definition) is 1. The molecule has 0 spiro atoms. The summed E-state index contributed by atoms with van der Waals surface area (Å²) >= 11 is 9.45. The minimum absolute atomic E-state index is 0.0939. The highest BCUT2D eigenvalue weighted by Crippen LogP contribution is 2.28. The van der Waals surface area contributed by atoms with Gasteiger partial charge in [-0.2, -0.15) is 0 Å². The number of rotatable bonds is 6. The minimum atomic E-state index is -0.359. The summed E-state index contributed by atoms with van der Waals surface area (Å²) in [6.45, 7) is 3.87. The van der Waals surface area contributed by atoms with E-state index in [-0.39, 0.29) is 12.4 Å². The van der Waals surface area contributed by atoms with E-state index in [1.165, 1.54) is 6.07 Å². The summed E-state index contributed by atoms with van der Waals surface area (Å²) in [5, 5.41) is 3.63. The second kappa shape index (κ2) is 7.78. The average molecular weight is 373 g/mol. The van der Waals surface area contributed by atoms with Crippen molar-refractivity contribution in [2.24, 2.45) is 0 Å². The van der Waals surface area contributed by atoms with Crippen LogP contribution in [-0.4, -0.2) is 6.54 Å². The van der Waals surface area contributed by atoms with Crippen LogP contribution in [0.1, 0.15) is 18.1 Å². The van der Waals surface area contributed by atoms with Gasteiger partial charge in [-0.1, -0.05) is 30.7 Å². The van der Waals surface area contributed by atoms with E-state index in [2.05, 4.69) is 28.2 Å². The van der Waals surface area contributed by atoms with Gasteiger partial charge in [0.1, 0.15) is 18.2 Å². The highest BCUT2D eigenvalue weighted by Gasteiger charge is 2.09. The Bertz CT molecular complexity index is 601. The first-order valence-electron chi connectivity index (χ1n) is 6.66. The summed E-state index contributed by atoms with van der Waals surface area (Å²) < 4.78 is 20.2. The molecule has 0 bridgehead atoms.